The van der Waals surface area contributed by atoms with E-state index < -0.39 is 12.0 Å². The Bertz CT molecular complexity index is 529. The number of hydrogen-bond acceptors (Lipinski definition) is 3. The smallest absolute Gasteiger partial charge is 0.174 e. The van der Waals surface area contributed by atoms with E-state index in [0.717, 1.165) is 0 Å². The Morgan fingerprint density at radius 1 is 1.28 bits per heavy atom. The highest BCUT2D eigenvalue weighted by Gasteiger charge is 2.26. The Labute approximate surface area is 113 Å². The molecule has 2 atom stereocenters. The molecule has 0 aliphatic heterocycles. The molecule has 96 valence electrons. The van der Waals surface area contributed by atoms with Crippen LogP contribution in [0.3, 0.4) is 0 Å². The molecule has 3 N–H and O–H groups in total. The van der Waals surface area contributed by atoms with Crippen molar-refractivity contribution in [2.75, 3.05) is 6.54 Å². The average Bonchev–Trinajstić information content (AvgIpc) is 2.78. The Hall–Kier alpha value is -1.17. The van der Waals surface area contributed by atoms with Crippen molar-refractivity contribution in [3.63, 3.8) is 0 Å². The van der Waals surface area contributed by atoms with Gasteiger partial charge >= 0.3 is 0 Å². The molecule has 0 aliphatic rings. The highest BCUT2D eigenvalue weighted by Crippen LogP contribution is 2.35. The molecule has 1 heterocycles. The summed E-state index contributed by atoms with van der Waals surface area (Å²) in [6, 6.07) is 7.95. The van der Waals surface area contributed by atoms with Crippen LogP contribution in [0.5, 0.6) is 0 Å². The van der Waals surface area contributed by atoms with Gasteiger partial charge < -0.3 is 15.3 Å². The molecular formula is C13H13BrFNO2. The SMILES string of the molecule is NCC(c1ccccc1F)C(O)c1ccoc1Br. The summed E-state index contributed by atoms with van der Waals surface area (Å²) < 4.78 is 19.2. The van der Waals surface area contributed by atoms with Crippen molar-refractivity contribution in [1.29, 1.82) is 0 Å². The first kappa shape index (κ1) is 13.3. The van der Waals surface area contributed by atoms with E-state index in [-0.39, 0.29) is 12.4 Å². The molecule has 18 heavy (non-hydrogen) atoms. The number of rotatable bonds is 4. The van der Waals surface area contributed by atoms with Crippen molar-refractivity contribution in [1.82, 2.24) is 0 Å². The first-order valence-corrected chi connectivity index (χ1v) is 6.30. The number of benzene rings is 1. The van der Waals surface area contributed by atoms with Gasteiger partial charge in [0.1, 0.15) is 5.82 Å². The van der Waals surface area contributed by atoms with Gasteiger partial charge in [0, 0.05) is 18.0 Å². The van der Waals surface area contributed by atoms with Gasteiger partial charge in [-0.15, -0.1) is 0 Å². The van der Waals surface area contributed by atoms with Crippen LogP contribution in [-0.4, -0.2) is 11.7 Å². The number of furan rings is 1. The Balaban J connectivity index is 2.35. The maximum absolute atomic E-state index is 13.7. The second-order valence-corrected chi connectivity index (χ2v) is 4.68. The lowest BCUT2D eigenvalue weighted by molar-refractivity contribution is 0.144. The Morgan fingerprint density at radius 2 is 2.00 bits per heavy atom. The van der Waals surface area contributed by atoms with Crippen LogP contribution in [-0.2, 0) is 0 Å². The number of aliphatic hydroxyl groups is 1. The minimum atomic E-state index is -0.917. The van der Waals surface area contributed by atoms with Crippen LogP contribution in [0.25, 0.3) is 0 Å². The van der Waals surface area contributed by atoms with Gasteiger partial charge in [-0.2, -0.15) is 0 Å². The minimum Gasteiger partial charge on any atom is -0.457 e. The van der Waals surface area contributed by atoms with E-state index in [1.807, 2.05) is 0 Å². The third-order valence-corrected chi connectivity index (χ3v) is 3.55. The lowest BCUT2D eigenvalue weighted by Crippen LogP contribution is -2.21. The number of aliphatic hydroxyl groups excluding tert-OH is 1. The van der Waals surface area contributed by atoms with Crippen LogP contribution in [0.15, 0.2) is 45.7 Å². The zero-order valence-corrected chi connectivity index (χ0v) is 11.1. The van der Waals surface area contributed by atoms with Gasteiger partial charge in [0.2, 0.25) is 0 Å². The fourth-order valence-corrected chi connectivity index (χ4v) is 2.41. The fraction of sp³-hybridized carbons (Fsp3) is 0.231. The van der Waals surface area contributed by atoms with E-state index in [1.165, 1.54) is 12.3 Å². The summed E-state index contributed by atoms with van der Waals surface area (Å²) in [5, 5.41) is 10.3. The van der Waals surface area contributed by atoms with Crippen LogP contribution in [0.4, 0.5) is 4.39 Å². The molecule has 0 aliphatic carbocycles. The molecule has 2 aromatic rings. The van der Waals surface area contributed by atoms with Gasteiger partial charge in [0.05, 0.1) is 12.4 Å². The van der Waals surface area contributed by atoms with Gasteiger partial charge in [-0.05, 0) is 33.6 Å². The fourth-order valence-electron chi connectivity index (χ4n) is 1.93. The summed E-state index contributed by atoms with van der Waals surface area (Å²) in [7, 11) is 0. The van der Waals surface area contributed by atoms with Crippen molar-refractivity contribution < 1.29 is 13.9 Å². The average molecular weight is 314 g/mol. The first-order valence-electron chi connectivity index (χ1n) is 5.50. The maximum atomic E-state index is 13.7. The summed E-state index contributed by atoms with van der Waals surface area (Å²) in [6.07, 6.45) is 0.539. The molecule has 1 aromatic heterocycles. The van der Waals surface area contributed by atoms with E-state index >= 15 is 0 Å². The molecule has 5 heteroatoms. The molecule has 3 nitrogen and oxygen atoms in total. The van der Waals surface area contributed by atoms with Gasteiger partial charge in [-0.3, -0.25) is 0 Å². The first-order chi connectivity index (χ1) is 8.65. The van der Waals surface area contributed by atoms with Crippen molar-refractivity contribution in [3.8, 4) is 0 Å². The molecule has 0 radical (unpaired) electrons. The summed E-state index contributed by atoms with van der Waals surface area (Å²) in [6.45, 7) is 0.139. The van der Waals surface area contributed by atoms with Crippen LogP contribution < -0.4 is 5.73 Å². The third-order valence-electron chi connectivity index (χ3n) is 2.90. The summed E-state index contributed by atoms with van der Waals surface area (Å²) in [5.74, 6) is -0.883. The predicted molar refractivity (Wildman–Crippen MR) is 69.6 cm³/mol. The molecule has 2 unspecified atom stereocenters. The van der Waals surface area contributed by atoms with Crippen molar-refractivity contribution >= 4 is 15.9 Å². The lowest BCUT2D eigenvalue weighted by Gasteiger charge is -2.21. The quantitative estimate of drug-likeness (QED) is 0.912. The molecule has 0 fully saturated rings. The van der Waals surface area contributed by atoms with Crippen molar-refractivity contribution in [2.24, 2.45) is 5.73 Å². The zero-order chi connectivity index (χ0) is 13.1. The Kier molecular flexibility index (Phi) is 4.16. The standard InChI is InChI=1S/C13H13BrFNO2/c14-13-9(5-6-18-13)12(17)10(7-16)8-3-1-2-4-11(8)15/h1-6,10,12,17H,7,16H2. The molecule has 1 aromatic carbocycles. The van der Waals surface area contributed by atoms with Gasteiger partial charge in [0.25, 0.3) is 0 Å². The van der Waals surface area contributed by atoms with E-state index in [0.29, 0.717) is 15.8 Å². The summed E-state index contributed by atoms with van der Waals surface area (Å²) in [4.78, 5) is 0. The largest absolute Gasteiger partial charge is 0.457 e. The van der Waals surface area contributed by atoms with E-state index in [4.69, 9.17) is 10.2 Å². The topological polar surface area (TPSA) is 59.4 Å². The van der Waals surface area contributed by atoms with Crippen LogP contribution >= 0.6 is 15.9 Å². The van der Waals surface area contributed by atoms with Gasteiger partial charge in [0.15, 0.2) is 4.67 Å². The molecular weight excluding hydrogens is 301 g/mol. The summed E-state index contributed by atoms with van der Waals surface area (Å²) >= 11 is 3.19. The third kappa shape index (κ3) is 2.48. The normalized spacial score (nSPS) is 14.4. The van der Waals surface area contributed by atoms with E-state index in [2.05, 4.69) is 15.9 Å². The van der Waals surface area contributed by atoms with Crippen molar-refractivity contribution in [3.05, 3.63) is 58.2 Å². The number of hydrogen-bond donors (Lipinski definition) is 2. The molecule has 0 amide bonds. The van der Waals surface area contributed by atoms with Crippen molar-refractivity contribution in [2.45, 2.75) is 12.0 Å². The lowest BCUT2D eigenvalue weighted by atomic mass is 9.90. The molecule has 2 rings (SSSR count). The molecule has 0 bridgehead atoms. The second-order valence-electron chi connectivity index (χ2n) is 3.96. The van der Waals surface area contributed by atoms with Gasteiger partial charge in [-0.25, -0.2) is 4.39 Å². The van der Waals surface area contributed by atoms with Gasteiger partial charge in [-0.1, -0.05) is 18.2 Å². The maximum Gasteiger partial charge on any atom is 0.174 e. The zero-order valence-electron chi connectivity index (χ0n) is 9.51. The summed E-state index contributed by atoms with van der Waals surface area (Å²) in [5.41, 5.74) is 6.63. The predicted octanol–water partition coefficient (Wildman–Crippen LogP) is 2.96. The number of nitrogens with two attached hydrogens (primary N) is 1. The minimum absolute atomic E-state index is 0.139. The monoisotopic (exact) mass is 313 g/mol. The van der Waals surface area contributed by atoms with E-state index in [9.17, 15) is 9.50 Å². The van der Waals surface area contributed by atoms with Crippen LogP contribution in [0, 0.1) is 5.82 Å². The molecule has 0 saturated heterocycles. The van der Waals surface area contributed by atoms with Crippen LogP contribution in [0.1, 0.15) is 23.1 Å². The Morgan fingerprint density at radius 3 is 2.56 bits per heavy atom. The molecule has 0 saturated carbocycles. The van der Waals surface area contributed by atoms with E-state index in [1.54, 1.807) is 24.3 Å². The van der Waals surface area contributed by atoms with Crippen LogP contribution in [0.2, 0.25) is 0 Å². The highest BCUT2D eigenvalue weighted by atomic mass is 79.9. The second kappa shape index (κ2) is 5.65. The highest BCUT2D eigenvalue weighted by molar-refractivity contribution is 9.10. The number of halogens is 2. The molecule has 0 spiro atoms.